The number of aromatic nitrogens is 1. The van der Waals surface area contributed by atoms with Crippen molar-refractivity contribution in [2.45, 2.75) is 26.4 Å². The van der Waals surface area contributed by atoms with Crippen molar-refractivity contribution in [1.29, 1.82) is 0 Å². The van der Waals surface area contributed by atoms with Crippen LogP contribution in [0.25, 0.3) is 0 Å². The summed E-state index contributed by atoms with van der Waals surface area (Å²) in [5.74, 6) is 0.756. The van der Waals surface area contributed by atoms with Gasteiger partial charge >= 0.3 is 6.09 Å². The normalized spacial score (nSPS) is 10.9. The molecule has 0 aliphatic heterocycles. The number of hydrogen-bond donors (Lipinski definition) is 1. The molecule has 0 bridgehead atoms. The summed E-state index contributed by atoms with van der Waals surface area (Å²) >= 11 is 5.89. The van der Waals surface area contributed by atoms with Crippen molar-refractivity contribution in [3.63, 3.8) is 0 Å². The predicted molar refractivity (Wildman–Crippen MR) is 65.7 cm³/mol. The number of nitrogens with one attached hydrogen (secondary N) is 1. The predicted octanol–water partition coefficient (Wildman–Crippen LogP) is 3.09. The molecular weight excluding hydrogens is 244 g/mol. The van der Waals surface area contributed by atoms with Crippen LogP contribution in [0.1, 0.15) is 20.8 Å². The molecule has 1 rings (SSSR count). The summed E-state index contributed by atoms with van der Waals surface area (Å²) in [4.78, 5) is 15.4. The molecule has 1 heterocycles. The van der Waals surface area contributed by atoms with Gasteiger partial charge in [0, 0.05) is 6.07 Å². The van der Waals surface area contributed by atoms with Gasteiger partial charge in [-0.2, -0.15) is 0 Å². The van der Waals surface area contributed by atoms with E-state index >= 15 is 0 Å². The van der Waals surface area contributed by atoms with Crippen molar-refractivity contribution in [3.05, 3.63) is 17.3 Å². The number of ether oxygens (including phenoxy) is 2. The number of carbonyl (C=O) groups excluding carboxylic acids is 1. The molecule has 0 radical (unpaired) electrons. The molecule has 1 aromatic heterocycles. The molecule has 0 aromatic carbocycles. The standard InChI is InChI=1S/C11H15ClN2O3/c1-11(2,3)17-10(15)14-9-5-7(12)8(16-4)6-13-9/h5-6H,1-4H3,(H,13,14,15). The lowest BCUT2D eigenvalue weighted by Crippen LogP contribution is -2.27. The molecule has 0 fully saturated rings. The van der Waals surface area contributed by atoms with E-state index < -0.39 is 11.7 Å². The highest BCUT2D eigenvalue weighted by molar-refractivity contribution is 6.32. The SMILES string of the molecule is COc1cnc(NC(=O)OC(C)(C)C)cc1Cl. The van der Waals surface area contributed by atoms with E-state index in [1.165, 1.54) is 19.4 Å². The Bertz CT molecular complexity index is 416. The fourth-order valence-corrected chi connectivity index (χ4v) is 1.27. The number of amides is 1. The fourth-order valence-electron chi connectivity index (χ4n) is 1.05. The second-order valence-electron chi connectivity index (χ2n) is 4.33. The lowest BCUT2D eigenvalue weighted by molar-refractivity contribution is 0.0635. The van der Waals surface area contributed by atoms with Crippen LogP contribution in [0.3, 0.4) is 0 Å². The number of nitrogens with zero attached hydrogens (tertiary/aromatic N) is 1. The first-order valence-electron chi connectivity index (χ1n) is 5.01. The van der Waals surface area contributed by atoms with E-state index in [1.807, 2.05) is 0 Å². The molecule has 94 valence electrons. The number of halogens is 1. The minimum atomic E-state index is -0.578. The lowest BCUT2D eigenvalue weighted by atomic mass is 10.2. The summed E-state index contributed by atoms with van der Waals surface area (Å²) < 4.78 is 10.0. The van der Waals surface area contributed by atoms with E-state index in [1.54, 1.807) is 20.8 Å². The molecule has 0 saturated carbocycles. The molecular formula is C11H15ClN2O3. The minimum Gasteiger partial charge on any atom is -0.494 e. The number of carbonyl (C=O) groups is 1. The van der Waals surface area contributed by atoms with Gasteiger partial charge < -0.3 is 9.47 Å². The zero-order valence-corrected chi connectivity index (χ0v) is 11.0. The maximum absolute atomic E-state index is 11.4. The Morgan fingerprint density at radius 2 is 2.12 bits per heavy atom. The van der Waals surface area contributed by atoms with Crippen LogP contribution in [0.15, 0.2) is 12.3 Å². The molecule has 0 atom stereocenters. The van der Waals surface area contributed by atoms with Crippen LogP contribution in [0.5, 0.6) is 5.75 Å². The molecule has 0 aliphatic carbocycles. The molecule has 1 aromatic rings. The van der Waals surface area contributed by atoms with Crippen LogP contribution in [0.4, 0.5) is 10.6 Å². The molecule has 0 aliphatic rings. The Morgan fingerprint density at radius 3 is 2.59 bits per heavy atom. The molecule has 0 spiro atoms. The van der Waals surface area contributed by atoms with Gasteiger partial charge in [-0.1, -0.05) is 11.6 Å². The van der Waals surface area contributed by atoms with Gasteiger partial charge in [0.2, 0.25) is 0 Å². The van der Waals surface area contributed by atoms with Gasteiger partial charge in [0.25, 0.3) is 0 Å². The number of anilines is 1. The van der Waals surface area contributed by atoms with Crippen LogP contribution in [-0.4, -0.2) is 23.8 Å². The van der Waals surface area contributed by atoms with Crippen LogP contribution in [-0.2, 0) is 4.74 Å². The van der Waals surface area contributed by atoms with E-state index in [4.69, 9.17) is 21.1 Å². The van der Waals surface area contributed by atoms with E-state index in [-0.39, 0.29) is 0 Å². The molecule has 5 nitrogen and oxygen atoms in total. The van der Waals surface area contributed by atoms with Gasteiger partial charge in [-0.15, -0.1) is 0 Å². The second kappa shape index (κ2) is 5.23. The Balaban J connectivity index is 2.69. The van der Waals surface area contributed by atoms with Crippen LogP contribution >= 0.6 is 11.6 Å². The Morgan fingerprint density at radius 1 is 1.47 bits per heavy atom. The number of hydrogen-bond acceptors (Lipinski definition) is 4. The van der Waals surface area contributed by atoms with Gasteiger partial charge in [0.15, 0.2) is 5.75 Å². The first kappa shape index (κ1) is 13.6. The third kappa shape index (κ3) is 4.48. The van der Waals surface area contributed by atoms with Crippen LogP contribution in [0.2, 0.25) is 5.02 Å². The van der Waals surface area contributed by atoms with Gasteiger partial charge in [-0.3, -0.25) is 5.32 Å². The van der Waals surface area contributed by atoms with E-state index in [0.29, 0.717) is 16.6 Å². The highest BCUT2D eigenvalue weighted by Gasteiger charge is 2.16. The number of methoxy groups -OCH3 is 1. The van der Waals surface area contributed by atoms with Crippen molar-refractivity contribution in [2.24, 2.45) is 0 Å². The Kier molecular flexibility index (Phi) is 4.17. The van der Waals surface area contributed by atoms with E-state index in [0.717, 1.165) is 0 Å². The molecule has 6 heteroatoms. The number of pyridine rings is 1. The van der Waals surface area contributed by atoms with E-state index in [9.17, 15) is 4.79 Å². The van der Waals surface area contributed by atoms with E-state index in [2.05, 4.69) is 10.3 Å². The number of rotatable bonds is 2. The molecule has 0 unspecified atom stereocenters. The van der Waals surface area contributed by atoms with Crippen molar-refractivity contribution in [2.75, 3.05) is 12.4 Å². The second-order valence-corrected chi connectivity index (χ2v) is 4.74. The topological polar surface area (TPSA) is 60.5 Å². The minimum absolute atomic E-state index is 0.310. The maximum Gasteiger partial charge on any atom is 0.413 e. The summed E-state index contributed by atoms with van der Waals surface area (Å²) in [6.45, 7) is 5.34. The summed E-state index contributed by atoms with van der Waals surface area (Å²) in [7, 11) is 1.49. The van der Waals surface area contributed by atoms with Gasteiger partial charge in [-0.25, -0.2) is 9.78 Å². The van der Waals surface area contributed by atoms with Gasteiger partial charge in [0.1, 0.15) is 11.4 Å². The lowest BCUT2D eigenvalue weighted by Gasteiger charge is -2.19. The summed E-state index contributed by atoms with van der Waals surface area (Å²) in [6.07, 6.45) is 0.848. The zero-order chi connectivity index (χ0) is 13.1. The smallest absolute Gasteiger partial charge is 0.413 e. The van der Waals surface area contributed by atoms with Crippen molar-refractivity contribution >= 4 is 23.5 Å². The summed E-state index contributed by atoms with van der Waals surface area (Å²) in [5, 5.41) is 2.85. The fraction of sp³-hybridized carbons (Fsp3) is 0.455. The first-order chi connectivity index (χ1) is 7.81. The summed E-state index contributed by atoms with van der Waals surface area (Å²) in [6, 6.07) is 1.49. The molecule has 17 heavy (non-hydrogen) atoms. The van der Waals surface area contributed by atoms with Gasteiger partial charge in [-0.05, 0) is 20.8 Å². The Labute approximate surface area is 105 Å². The largest absolute Gasteiger partial charge is 0.494 e. The van der Waals surface area contributed by atoms with Crippen molar-refractivity contribution in [3.8, 4) is 5.75 Å². The quantitative estimate of drug-likeness (QED) is 0.886. The van der Waals surface area contributed by atoms with Crippen molar-refractivity contribution < 1.29 is 14.3 Å². The molecule has 0 saturated heterocycles. The highest BCUT2D eigenvalue weighted by Crippen LogP contribution is 2.25. The van der Waals surface area contributed by atoms with Crippen molar-refractivity contribution in [1.82, 2.24) is 4.98 Å². The van der Waals surface area contributed by atoms with Crippen LogP contribution < -0.4 is 10.1 Å². The average molecular weight is 259 g/mol. The third-order valence-electron chi connectivity index (χ3n) is 1.67. The monoisotopic (exact) mass is 258 g/mol. The Hall–Kier alpha value is -1.49. The average Bonchev–Trinajstić information content (AvgIpc) is 2.14. The van der Waals surface area contributed by atoms with Gasteiger partial charge in [0.05, 0.1) is 18.3 Å². The third-order valence-corrected chi connectivity index (χ3v) is 1.96. The molecule has 1 amide bonds. The first-order valence-corrected chi connectivity index (χ1v) is 5.39. The van der Waals surface area contributed by atoms with Crippen LogP contribution in [0, 0.1) is 0 Å². The zero-order valence-electron chi connectivity index (χ0n) is 10.2. The maximum atomic E-state index is 11.4. The molecule has 1 N–H and O–H groups in total. The highest BCUT2D eigenvalue weighted by atomic mass is 35.5. The summed E-state index contributed by atoms with van der Waals surface area (Å²) in [5.41, 5.74) is -0.555.